The van der Waals surface area contributed by atoms with E-state index in [0.717, 1.165) is 34.6 Å². The number of para-hydroxylation sites is 2. The summed E-state index contributed by atoms with van der Waals surface area (Å²) in [6, 6.07) is 72.0. The van der Waals surface area contributed by atoms with Gasteiger partial charge in [-0.2, -0.15) is 0 Å². The Balaban J connectivity index is 0.981. The summed E-state index contributed by atoms with van der Waals surface area (Å²) in [7, 11) is 0. The highest BCUT2D eigenvalue weighted by molar-refractivity contribution is 6.10. The second-order valence-corrected chi connectivity index (χ2v) is 16.5. The fourth-order valence-corrected chi connectivity index (χ4v) is 11.2. The third-order valence-electron chi connectivity index (χ3n) is 13.7. The van der Waals surface area contributed by atoms with Crippen LogP contribution in [-0.2, 0) is 5.41 Å². The van der Waals surface area contributed by atoms with Crippen molar-refractivity contribution in [3.63, 3.8) is 0 Å². The van der Waals surface area contributed by atoms with Crippen LogP contribution in [0.1, 0.15) is 36.8 Å². The van der Waals surface area contributed by atoms with Gasteiger partial charge in [0, 0.05) is 38.9 Å². The number of benzene rings is 8. The van der Waals surface area contributed by atoms with Crippen molar-refractivity contribution in [2.75, 3.05) is 4.90 Å². The second-order valence-electron chi connectivity index (χ2n) is 16.5. The molecule has 0 aliphatic heterocycles. The molecule has 0 amide bonds. The molecule has 272 valence electrons. The van der Waals surface area contributed by atoms with Gasteiger partial charge >= 0.3 is 0 Å². The quantitative estimate of drug-likeness (QED) is 0.165. The maximum absolute atomic E-state index is 2.56. The first-order chi connectivity index (χ1) is 28.2. The standard InChI is InChI=1S/C55H42N2/c1-3-11-38(12-4-1)39-20-26-44(27-21-39)56(46-30-32-50-49-16-8-10-18-53(49)57(54(50)35-46)43-13-5-2-6-14-43)45-28-22-40(23-29-45)41-24-31-48-47-15-7-9-17-51(47)55(52(48)34-41)36-37-19-25-42(55)33-37/h1-18,20-24,26-32,34-35,37,42H,19,25,33,36H2. The lowest BCUT2D eigenvalue weighted by Crippen LogP contribution is -2.31. The summed E-state index contributed by atoms with van der Waals surface area (Å²) in [5, 5.41) is 2.51. The minimum absolute atomic E-state index is 0.175. The maximum atomic E-state index is 2.56. The fraction of sp³-hybridized carbons (Fsp3) is 0.127. The number of fused-ring (bicyclic) bond motifs is 11. The van der Waals surface area contributed by atoms with Crippen LogP contribution in [0.5, 0.6) is 0 Å². The summed E-state index contributed by atoms with van der Waals surface area (Å²) in [5.74, 6) is 1.61. The van der Waals surface area contributed by atoms with Gasteiger partial charge in [0.25, 0.3) is 0 Å². The predicted octanol–water partition coefficient (Wildman–Crippen LogP) is 14.7. The van der Waals surface area contributed by atoms with Crippen molar-refractivity contribution in [2.45, 2.75) is 31.1 Å². The molecule has 3 aliphatic carbocycles. The molecule has 8 aromatic carbocycles. The van der Waals surface area contributed by atoms with Gasteiger partial charge in [-0.3, -0.25) is 0 Å². The van der Waals surface area contributed by atoms with Crippen molar-refractivity contribution in [2.24, 2.45) is 11.8 Å². The summed E-state index contributed by atoms with van der Waals surface area (Å²) in [6.45, 7) is 0. The highest BCUT2D eigenvalue weighted by Crippen LogP contribution is 2.65. The molecule has 57 heavy (non-hydrogen) atoms. The van der Waals surface area contributed by atoms with Crippen molar-refractivity contribution in [3.05, 3.63) is 205 Å². The first-order valence-corrected chi connectivity index (χ1v) is 20.6. The van der Waals surface area contributed by atoms with E-state index in [0.29, 0.717) is 0 Å². The lowest BCUT2D eigenvalue weighted by Gasteiger charge is -2.36. The van der Waals surface area contributed by atoms with E-state index < -0.39 is 0 Å². The molecule has 3 atom stereocenters. The van der Waals surface area contributed by atoms with Gasteiger partial charge in [-0.1, -0.05) is 140 Å². The molecule has 1 heterocycles. The van der Waals surface area contributed by atoms with E-state index in [1.807, 2.05) is 0 Å². The lowest BCUT2D eigenvalue weighted by atomic mass is 9.66. The monoisotopic (exact) mass is 730 g/mol. The Bertz CT molecular complexity index is 2960. The van der Waals surface area contributed by atoms with Crippen molar-refractivity contribution >= 4 is 38.9 Å². The van der Waals surface area contributed by atoms with E-state index >= 15 is 0 Å². The molecule has 0 saturated heterocycles. The molecule has 2 bridgehead atoms. The third-order valence-corrected chi connectivity index (χ3v) is 13.7. The second kappa shape index (κ2) is 12.7. The number of rotatable bonds is 6. The van der Waals surface area contributed by atoms with Crippen LogP contribution in [-0.4, -0.2) is 4.57 Å². The van der Waals surface area contributed by atoms with E-state index in [2.05, 4.69) is 204 Å². The minimum Gasteiger partial charge on any atom is -0.310 e. The normalized spacial score (nSPS) is 19.0. The van der Waals surface area contributed by atoms with E-state index in [-0.39, 0.29) is 5.41 Å². The molecule has 3 aliphatic rings. The van der Waals surface area contributed by atoms with Gasteiger partial charge in [0.2, 0.25) is 0 Å². The smallest absolute Gasteiger partial charge is 0.0561 e. The predicted molar refractivity (Wildman–Crippen MR) is 238 cm³/mol. The van der Waals surface area contributed by atoms with E-state index in [1.165, 1.54) is 80.9 Å². The number of nitrogens with zero attached hydrogens (tertiary/aromatic N) is 2. The first-order valence-electron chi connectivity index (χ1n) is 20.6. The summed E-state index contributed by atoms with van der Waals surface area (Å²) in [4.78, 5) is 2.41. The molecule has 9 aromatic rings. The van der Waals surface area contributed by atoms with Crippen molar-refractivity contribution in [1.82, 2.24) is 4.57 Å². The zero-order chi connectivity index (χ0) is 37.5. The summed E-state index contributed by atoms with van der Waals surface area (Å²) >= 11 is 0. The van der Waals surface area contributed by atoms with Crippen LogP contribution in [0.3, 0.4) is 0 Å². The Labute approximate surface area is 334 Å². The Morgan fingerprint density at radius 1 is 0.439 bits per heavy atom. The molecule has 12 rings (SSSR count). The van der Waals surface area contributed by atoms with Gasteiger partial charge in [-0.15, -0.1) is 0 Å². The molecular formula is C55H42N2. The SMILES string of the molecule is c1ccc(-c2ccc(N(c3ccc(-c4ccc5c(c4)C4(CC6CCC4C6)c4ccccc4-5)cc3)c3ccc4c5ccccc5n(-c5ccccc5)c4c3)cc2)cc1. The van der Waals surface area contributed by atoms with Gasteiger partial charge in [0.1, 0.15) is 0 Å². The largest absolute Gasteiger partial charge is 0.310 e. The zero-order valence-electron chi connectivity index (χ0n) is 31.9. The number of hydrogen-bond donors (Lipinski definition) is 0. The topological polar surface area (TPSA) is 8.17 Å². The van der Waals surface area contributed by atoms with Crippen LogP contribution in [0.2, 0.25) is 0 Å². The third kappa shape index (κ3) is 4.96. The molecule has 2 saturated carbocycles. The van der Waals surface area contributed by atoms with Gasteiger partial charge in [0.15, 0.2) is 0 Å². The van der Waals surface area contributed by atoms with E-state index in [9.17, 15) is 0 Å². The number of hydrogen-bond acceptors (Lipinski definition) is 1. The Morgan fingerprint density at radius 2 is 1.04 bits per heavy atom. The van der Waals surface area contributed by atoms with Crippen molar-refractivity contribution in [1.29, 1.82) is 0 Å². The van der Waals surface area contributed by atoms with Gasteiger partial charge < -0.3 is 9.47 Å². The first kappa shape index (κ1) is 32.6. The molecule has 1 aromatic heterocycles. The molecule has 0 N–H and O–H groups in total. The van der Waals surface area contributed by atoms with E-state index in [1.54, 1.807) is 11.1 Å². The van der Waals surface area contributed by atoms with Crippen LogP contribution in [0.15, 0.2) is 194 Å². The molecule has 1 spiro atoms. The van der Waals surface area contributed by atoms with Crippen LogP contribution >= 0.6 is 0 Å². The Hall–Kier alpha value is -6.64. The number of aromatic nitrogens is 1. The van der Waals surface area contributed by atoms with Crippen LogP contribution in [0.25, 0.3) is 60.9 Å². The van der Waals surface area contributed by atoms with Crippen molar-refractivity contribution in [3.8, 4) is 39.1 Å². The average molecular weight is 731 g/mol. The molecular weight excluding hydrogens is 689 g/mol. The van der Waals surface area contributed by atoms with Gasteiger partial charge in [-0.25, -0.2) is 0 Å². The Kier molecular flexibility index (Phi) is 7.26. The highest BCUT2D eigenvalue weighted by Gasteiger charge is 2.56. The molecule has 3 unspecified atom stereocenters. The van der Waals surface area contributed by atoms with E-state index in [4.69, 9.17) is 0 Å². The molecule has 2 fully saturated rings. The zero-order valence-corrected chi connectivity index (χ0v) is 31.9. The fourth-order valence-electron chi connectivity index (χ4n) is 11.2. The highest BCUT2D eigenvalue weighted by atomic mass is 15.1. The summed E-state index contributed by atoms with van der Waals surface area (Å²) in [5.41, 5.74) is 18.2. The molecule has 2 heteroatoms. The summed E-state index contributed by atoms with van der Waals surface area (Å²) in [6.07, 6.45) is 5.44. The average Bonchev–Trinajstić information content (AvgIpc) is 4.05. The van der Waals surface area contributed by atoms with Crippen LogP contribution in [0.4, 0.5) is 17.1 Å². The summed E-state index contributed by atoms with van der Waals surface area (Å²) < 4.78 is 2.41. The lowest BCUT2D eigenvalue weighted by molar-refractivity contribution is 0.327. The molecule has 0 radical (unpaired) electrons. The Morgan fingerprint density at radius 3 is 1.77 bits per heavy atom. The maximum Gasteiger partial charge on any atom is 0.0561 e. The van der Waals surface area contributed by atoms with Gasteiger partial charge in [0.05, 0.1) is 11.0 Å². The minimum atomic E-state index is 0.175. The van der Waals surface area contributed by atoms with Crippen molar-refractivity contribution < 1.29 is 0 Å². The van der Waals surface area contributed by atoms with Gasteiger partial charge in [-0.05, 0) is 136 Å². The number of anilines is 3. The van der Waals surface area contributed by atoms with Crippen LogP contribution in [0, 0.1) is 11.8 Å². The van der Waals surface area contributed by atoms with Crippen LogP contribution < -0.4 is 4.90 Å². The molecule has 2 nitrogen and oxygen atoms in total.